The van der Waals surface area contributed by atoms with Gasteiger partial charge in [0.15, 0.2) is 5.16 Å². The summed E-state index contributed by atoms with van der Waals surface area (Å²) in [5.41, 5.74) is 3.70. The van der Waals surface area contributed by atoms with E-state index in [1.165, 1.54) is 0 Å². The van der Waals surface area contributed by atoms with Gasteiger partial charge in [0.25, 0.3) is 0 Å². The minimum absolute atomic E-state index is 0.225. The molecule has 0 radical (unpaired) electrons. The van der Waals surface area contributed by atoms with Crippen molar-refractivity contribution in [1.82, 2.24) is 14.5 Å². The summed E-state index contributed by atoms with van der Waals surface area (Å²) in [6.07, 6.45) is 3.71. The standard InChI is InChI=1S/C20H17N3O2S/c1-2-23-12-13(14-7-3-6-10-17(14)23)11-18(19(24)25)26-20-21-15-8-4-5-9-16(15)22-20/h3-12H,2H2,1H3,(H,21,22)(H,24,25)/b18-11-. The number of aryl methyl sites for hydroxylation is 1. The summed E-state index contributed by atoms with van der Waals surface area (Å²) < 4.78 is 2.12. The first-order valence-electron chi connectivity index (χ1n) is 8.31. The van der Waals surface area contributed by atoms with E-state index < -0.39 is 5.97 Å². The monoisotopic (exact) mass is 363 g/mol. The third kappa shape index (κ3) is 2.99. The molecule has 5 nitrogen and oxygen atoms in total. The van der Waals surface area contributed by atoms with Crippen LogP contribution in [0.2, 0.25) is 0 Å². The molecule has 6 heteroatoms. The van der Waals surface area contributed by atoms with Gasteiger partial charge in [0.05, 0.1) is 11.0 Å². The molecule has 0 atom stereocenters. The molecule has 0 bridgehead atoms. The predicted molar refractivity (Wildman–Crippen MR) is 105 cm³/mol. The van der Waals surface area contributed by atoms with Gasteiger partial charge in [-0.1, -0.05) is 30.3 Å². The molecule has 0 spiro atoms. The second kappa shape index (κ2) is 6.72. The number of carbonyl (C=O) groups is 1. The fourth-order valence-electron chi connectivity index (χ4n) is 3.01. The van der Waals surface area contributed by atoms with Crippen LogP contribution in [0.15, 0.2) is 64.8 Å². The van der Waals surface area contributed by atoms with Crippen molar-refractivity contribution >= 4 is 45.7 Å². The molecule has 2 heterocycles. The molecule has 0 saturated heterocycles. The maximum Gasteiger partial charge on any atom is 0.342 e. The van der Waals surface area contributed by atoms with E-state index in [4.69, 9.17) is 0 Å². The Morgan fingerprint density at radius 3 is 2.77 bits per heavy atom. The summed E-state index contributed by atoms with van der Waals surface area (Å²) in [7, 11) is 0. The third-order valence-electron chi connectivity index (χ3n) is 4.23. The molecule has 26 heavy (non-hydrogen) atoms. The first-order valence-corrected chi connectivity index (χ1v) is 9.13. The molecule has 4 rings (SSSR count). The lowest BCUT2D eigenvalue weighted by Crippen LogP contribution is -1.97. The van der Waals surface area contributed by atoms with E-state index in [1.807, 2.05) is 54.7 Å². The van der Waals surface area contributed by atoms with Crippen molar-refractivity contribution < 1.29 is 9.90 Å². The zero-order chi connectivity index (χ0) is 18.1. The quantitative estimate of drug-likeness (QED) is 0.396. The first kappa shape index (κ1) is 16.5. The molecule has 0 aliphatic carbocycles. The van der Waals surface area contributed by atoms with Crippen LogP contribution in [0.5, 0.6) is 0 Å². The lowest BCUT2D eigenvalue weighted by atomic mass is 10.1. The lowest BCUT2D eigenvalue weighted by Gasteiger charge is -1.99. The number of aromatic amines is 1. The molecule has 0 aliphatic heterocycles. The number of fused-ring (bicyclic) bond motifs is 2. The third-order valence-corrected chi connectivity index (χ3v) is 5.13. The molecule has 2 aromatic carbocycles. The van der Waals surface area contributed by atoms with Gasteiger partial charge in [-0.3, -0.25) is 0 Å². The number of imidazole rings is 1. The van der Waals surface area contributed by atoms with Gasteiger partial charge in [-0.25, -0.2) is 9.78 Å². The number of hydrogen-bond acceptors (Lipinski definition) is 3. The maximum atomic E-state index is 11.8. The number of benzene rings is 2. The Kier molecular flexibility index (Phi) is 4.26. The Morgan fingerprint density at radius 2 is 2.00 bits per heavy atom. The lowest BCUT2D eigenvalue weighted by molar-refractivity contribution is -0.131. The first-order chi connectivity index (χ1) is 12.7. The number of aromatic nitrogens is 3. The van der Waals surface area contributed by atoms with Gasteiger partial charge >= 0.3 is 5.97 Å². The van der Waals surface area contributed by atoms with Crippen molar-refractivity contribution in [3.05, 3.63) is 65.2 Å². The molecule has 0 saturated carbocycles. The number of para-hydroxylation sites is 3. The normalized spacial score (nSPS) is 12.1. The Morgan fingerprint density at radius 1 is 1.23 bits per heavy atom. The van der Waals surface area contributed by atoms with Gasteiger partial charge in [0, 0.05) is 29.2 Å². The molecule has 2 N–H and O–H groups in total. The topological polar surface area (TPSA) is 70.9 Å². The van der Waals surface area contributed by atoms with Crippen LogP contribution >= 0.6 is 11.8 Å². The highest BCUT2D eigenvalue weighted by Gasteiger charge is 2.15. The van der Waals surface area contributed by atoms with Crippen LogP contribution in [0.4, 0.5) is 0 Å². The summed E-state index contributed by atoms with van der Waals surface area (Å²) in [4.78, 5) is 19.6. The number of rotatable bonds is 5. The van der Waals surface area contributed by atoms with Gasteiger partial charge in [-0.05, 0) is 43.0 Å². The molecular formula is C20H17N3O2S. The summed E-state index contributed by atoms with van der Waals surface area (Å²) in [6.45, 7) is 2.90. The molecular weight excluding hydrogens is 346 g/mol. The van der Waals surface area contributed by atoms with E-state index in [0.717, 1.165) is 45.8 Å². The molecule has 0 unspecified atom stereocenters. The number of nitrogens with one attached hydrogen (secondary N) is 1. The minimum atomic E-state index is -0.969. The molecule has 130 valence electrons. The van der Waals surface area contributed by atoms with Gasteiger partial charge < -0.3 is 14.7 Å². The highest BCUT2D eigenvalue weighted by Crippen LogP contribution is 2.30. The summed E-state index contributed by atoms with van der Waals surface area (Å²) in [5, 5.41) is 11.3. The SMILES string of the molecule is CCn1cc(/C=C(\Sc2nc3ccccc3[nH]2)C(=O)O)c2ccccc21. The molecule has 0 amide bonds. The largest absolute Gasteiger partial charge is 0.477 e. The highest BCUT2D eigenvalue weighted by atomic mass is 32.2. The number of hydrogen-bond donors (Lipinski definition) is 2. The van der Waals surface area contributed by atoms with Crippen LogP contribution in [-0.2, 0) is 11.3 Å². The van der Waals surface area contributed by atoms with Gasteiger partial charge in [-0.15, -0.1) is 0 Å². The maximum absolute atomic E-state index is 11.8. The average Bonchev–Trinajstić information content (AvgIpc) is 3.22. The van der Waals surface area contributed by atoms with E-state index >= 15 is 0 Å². The molecule has 0 fully saturated rings. The summed E-state index contributed by atoms with van der Waals surface area (Å²) in [5.74, 6) is -0.969. The van der Waals surface area contributed by atoms with Crippen LogP contribution in [-0.4, -0.2) is 25.6 Å². The van der Waals surface area contributed by atoms with Crippen molar-refractivity contribution in [3.8, 4) is 0 Å². The Hall–Kier alpha value is -2.99. The zero-order valence-corrected chi connectivity index (χ0v) is 15.0. The Labute approximate surface area is 154 Å². The van der Waals surface area contributed by atoms with Crippen LogP contribution in [0.1, 0.15) is 12.5 Å². The predicted octanol–water partition coefficient (Wildman–Crippen LogP) is 4.76. The van der Waals surface area contributed by atoms with Crippen LogP contribution < -0.4 is 0 Å². The van der Waals surface area contributed by atoms with E-state index in [-0.39, 0.29) is 4.91 Å². The molecule has 0 aliphatic rings. The summed E-state index contributed by atoms with van der Waals surface area (Å²) in [6, 6.07) is 15.7. The van der Waals surface area contributed by atoms with E-state index in [0.29, 0.717) is 5.16 Å². The van der Waals surface area contributed by atoms with Crippen LogP contribution in [0.3, 0.4) is 0 Å². The van der Waals surface area contributed by atoms with Gasteiger partial charge in [0.2, 0.25) is 0 Å². The number of nitrogens with zero attached hydrogens (tertiary/aromatic N) is 2. The van der Waals surface area contributed by atoms with E-state index in [9.17, 15) is 9.90 Å². The van der Waals surface area contributed by atoms with Gasteiger partial charge in [-0.2, -0.15) is 0 Å². The second-order valence-corrected chi connectivity index (χ2v) is 6.89. The van der Waals surface area contributed by atoms with Crippen molar-refractivity contribution in [2.45, 2.75) is 18.6 Å². The second-order valence-electron chi connectivity index (χ2n) is 5.86. The van der Waals surface area contributed by atoms with Crippen LogP contribution in [0.25, 0.3) is 28.0 Å². The Bertz CT molecular complexity index is 1110. The number of carboxylic acid groups (broad SMARTS) is 1. The number of H-pyrrole nitrogens is 1. The smallest absolute Gasteiger partial charge is 0.342 e. The van der Waals surface area contributed by atoms with Crippen molar-refractivity contribution in [2.75, 3.05) is 0 Å². The fraction of sp³-hybridized carbons (Fsp3) is 0.100. The summed E-state index contributed by atoms with van der Waals surface area (Å²) >= 11 is 1.13. The number of thioether (sulfide) groups is 1. The van der Waals surface area contributed by atoms with Gasteiger partial charge in [0.1, 0.15) is 4.91 Å². The highest BCUT2D eigenvalue weighted by molar-refractivity contribution is 8.04. The van der Waals surface area contributed by atoms with Crippen molar-refractivity contribution in [2.24, 2.45) is 0 Å². The van der Waals surface area contributed by atoms with Crippen LogP contribution in [0, 0.1) is 0 Å². The zero-order valence-electron chi connectivity index (χ0n) is 14.1. The van der Waals surface area contributed by atoms with Crippen molar-refractivity contribution in [1.29, 1.82) is 0 Å². The average molecular weight is 363 g/mol. The van der Waals surface area contributed by atoms with E-state index in [2.05, 4.69) is 21.5 Å². The molecule has 2 aromatic heterocycles. The fourth-order valence-corrected chi connectivity index (χ4v) is 3.80. The van der Waals surface area contributed by atoms with E-state index in [1.54, 1.807) is 6.08 Å². The van der Waals surface area contributed by atoms with Crippen molar-refractivity contribution in [3.63, 3.8) is 0 Å². The number of aliphatic carboxylic acids is 1. The minimum Gasteiger partial charge on any atom is -0.477 e. The molecule has 4 aromatic rings. The Balaban J connectivity index is 1.76. The number of carboxylic acids is 1.